The normalized spacial score (nSPS) is 17.3. The Morgan fingerprint density at radius 1 is 1.67 bits per heavy atom. The summed E-state index contributed by atoms with van der Waals surface area (Å²) in [5.41, 5.74) is 1.29. The standard InChI is InChI=1S/C6H8N3/c1-3-7-5-9-6(1)2-4-8-9/h2-4,7H,1,5H2. The van der Waals surface area contributed by atoms with E-state index in [0.29, 0.717) is 0 Å². The Morgan fingerprint density at radius 3 is 3.56 bits per heavy atom. The Morgan fingerprint density at radius 2 is 2.67 bits per heavy atom. The minimum Gasteiger partial charge on any atom is -0.293 e. The van der Waals surface area contributed by atoms with Gasteiger partial charge in [-0.3, -0.25) is 10.00 Å². The molecular formula is C6H8N3. The van der Waals surface area contributed by atoms with Gasteiger partial charge in [0, 0.05) is 24.9 Å². The molecule has 9 heavy (non-hydrogen) atoms. The number of nitrogens with one attached hydrogen (secondary N) is 1. The van der Waals surface area contributed by atoms with Gasteiger partial charge in [0.15, 0.2) is 0 Å². The van der Waals surface area contributed by atoms with Crippen molar-refractivity contribution in [3.05, 3.63) is 24.5 Å². The molecule has 1 aliphatic heterocycles. The van der Waals surface area contributed by atoms with Gasteiger partial charge in [-0.2, -0.15) is 5.10 Å². The third kappa shape index (κ3) is 0.733. The maximum absolute atomic E-state index is 4.09. The molecule has 1 aliphatic rings. The van der Waals surface area contributed by atoms with Gasteiger partial charge in [-0.05, 0) is 6.07 Å². The number of hydrogen-bond acceptors (Lipinski definition) is 2. The van der Waals surface area contributed by atoms with Gasteiger partial charge in [0.2, 0.25) is 0 Å². The molecule has 0 atom stereocenters. The molecule has 3 nitrogen and oxygen atoms in total. The second-order valence-corrected chi connectivity index (χ2v) is 2.09. The molecule has 47 valence electrons. The van der Waals surface area contributed by atoms with Gasteiger partial charge >= 0.3 is 0 Å². The first kappa shape index (κ1) is 4.99. The molecule has 1 aromatic rings. The number of rotatable bonds is 0. The predicted molar refractivity (Wildman–Crippen MR) is 33.4 cm³/mol. The molecule has 0 unspecified atom stereocenters. The fraction of sp³-hybridized carbons (Fsp3) is 0.333. The molecule has 0 fully saturated rings. The van der Waals surface area contributed by atoms with Gasteiger partial charge < -0.3 is 0 Å². The Kier molecular flexibility index (Phi) is 1.02. The van der Waals surface area contributed by atoms with Crippen LogP contribution in [-0.4, -0.2) is 9.78 Å². The first-order valence-electron chi connectivity index (χ1n) is 3.02. The number of aromatic nitrogens is 2. The third-order valence-electron chi connectivity index (χ3n) is 1.50. The largest absolute Gasteiger partial charge is 0.293 e. The molecule has 0 amide bonds. The van der Waals surface area contributed by atoms with Crippen LogP contribution in [0.25, 0.3) is 0 Å². The Labute approximate surface area is 53.7 Å². The van der Waals surface area contributed by atoms with Crippen molar-refractivity contribution >= 4 is 0 Å². The highest BCUT2D eigenvalue weighted by molar-refractivity contribution is 5.05. The number of hydrogen-bond donors (Lipinski definition) is 1. The average Bonchev–Trinajstić information content (AvgIpc) is 2.33. The maximum Gasteiger partial charge on any atom is 0.0909 e. The smallest absolute Gasteiger partial charge is 0.0909 e. The van der Waals surface area contributed by atoms with Gasteiger partial charge in [-0.1, -0.05) is 0 Å². The minimum atomic E-state index is 0.822. The molecule has 1 aromatic heterocycles. The van der Waals surface area contributed by atoms with Crippen LogP contribution < -0.4 is 5.32 Å². The molecule has 0 aliphatic carbocycles. The summed E-state index contributed by atoms with van der Waals surface area (Å²) in [7, 11) is 0. The fourth-order valence-corrected chi connectivity index (χ4v) is 1.00. The maximum atomic E-state index is 4.09. The molecule has 0 saturated carbocycles. The third-order valence-corrected chi connectivity index (χ3v) is 1.50. The van der Waals surface area contributed by atoms with E-state index in [0.717, 1.165) is 13.1 Å². The summed E-state index contributed by atoms with van der Waals surface area (Å²) in [6.07, 6.45) is 2.82. The van der Waals surface area contributed by atoms with Crippen molar-refractivity contribution < 1.29 is 0 Å². The van der Waals surface area contributed by atoms with Gasteiger partial charge in [0.05, 0.1) is 6.67 Å². The topological polar surface area (TPSA) is 29.9 Å². The van der Waals surface area contributed by atoms with Crippen LogP contribution in [0.1, 0.15) is 5.69 Å². The van der Waals surface area contributed by atoms with Gasteiger partial charge in [-0.25, -0.2) is 0 Å². The highest BCUT2D eigenvalue weighted by Crippen LogP contribution is 2.03. The lowest BCUT2D eigenvalue weighted by Gasteiger charge is -2.13. The zero-order valence-electron chi connectivity index (χ0n) is 5.04. The predicted octanol–water partition coefficient (Wildman–Crippen LogP) is 0.148. The first-order chi connectivity index (χ1) is 4.47. The Balaban J connectivity index is 2.39. The minimum absolute atomic E-state index is 0.822. The molecule has 0 aromatic carbocycles. The van der Waals surface area contributed by atoms with E-state index in [1.165, 1.54) is 5.69 Å². The summed E-state index contributed by atoms with van der Waals surface area (Å²) in [6.45, 7) is 2.87. The zero-order valence-corrected chi connectivity index (χ0v) is 5.04. The molecule has 2 rings (SSSR count). The summed E-state index contributed by atoms with van der Waals surface area (Å²) >= 11 is 0. The van der Waals surface area contributed by atoms with E-state index < -0.39 is 0 Å². The van der Waals surface area contributed by atoms with E-state index in [4.69, 9.17) is 0 Å². The average molecular weight is 122 g/mol. The molecule has 2 heterocycles. The molecule has 3 heteroatoms. The van der Waals surface area contributed by atoms with E-state index in [1.807, 2.05) is 16.9 Å². The van der Waals surface area contributed by atoms with Gasteiger partial charge in [-0.15, -0.1) is 0 Å². The molecule has 0 saturated heterocycles. The molecule has 1 N–H and O–H groups in total. The molecule has 0 spiro atoms. The van der Waals surface area contributed by atoms with Crippen LogP contribution in [0, 0.1) is 6.54 Å². The summed E-state index contributed by atoms with van der Waals surface area (Å²) < 4.78 is 1.96. The van der Waals surface area contributed by atoms with Crippen molar-refractivity contribution in [3.8, 4) is 0 Å². The number of nitrogens with zero attached hydrogens (tertiary/aromatic N) is 2. The van der Waals surface area contributed by atoms with Crippen molar-refractivity contribution in [1.29, 1.82) is 0 Å². The Hall–Kier alpha value is -0.830. The molecule has 1 radical (unpaired) electrons. The summed E-state index contributed by atoms with van der Waals surface area (Å²) in [5, 5.41) is 7.19. The van der Waals surface area contributed by atoms with E-state index in [-0.39, 0.29) is 0 Å². The molecular weight excluding hydrogens is 114 g/mol. The van der Waals surface area contributed by atoms with Crippen LogP contribution in [0.3, 0.4) is 0 Å². The highest BCUT2D eigenvalue weighted by atomic mass is 15.3. The first-order valence-corrected chi connectivity index (χ1v) is 3.02. The summed E-state index contributed by atoms with van der Waals surface area (Å²) in [6, 6.07) is 2.04. The van der Waals surface area contributed by atoms with Crippen LogP contribution in [0.15, 0.2) is 12.3 Å². The van der Waals surface area contributed by atoms with Crippen molar-refractivity contribution in [2.75, 3.05) is 0 Å². The monoisotopic (exact) mass is 122 g/mol. The number of fused-ring (bicyclic) bond motifs is 1. The summed E-state index contributed by atoms with van der Waals surface area (Å²) in [4.78, 5) is 0. The van der Waals surface area contributed by atoms with E-state index in [9.17, 15) is 0 Å². The lowest BCUT2D eigenvalue weighted by Crippen LogP contribution is -2.25. The van der Waals surface area contributed by atoms with Crippen molar-refractivity contribution in [1.82, 2.24) is 15.1 Å². The van der Waals surface area contributed by atoms with Crippen LogP contribution in [0.2, 0.25) is 0 Å². The van der Waals surface area contributed by atoms with Crippen LogP contribution in [0.5, 0.6) is 0 Å². The van der Waals surface area contributed by atoms with Gasteiger partial charge in [0.25, 0.3) is 0 Å². The lowest BCUT2D eigenvalue weighted by atomic mass is 10.3. The SMILES string of the molecule is [CH]1Cc2ccnn2CN1. The second kappa shape index (κ2) is 1.84. The summed E-state index contributed by atoms with van der Waals surface area (Å²) in [5.74, 6) is 0. The van der Waals surface area contributed by atoms with Crippen LogP contribution in [0.4, 0.5) is 0 Å². The molecule has 0 bridgehead atoms. The van der Waals surface area contributed by atoms with Gasteiger partial charge in [0.1, 0.15) is 0 Å². The van der Waals surface area contributed by atoms with Crippen molar-refractivity contribution in [3.63, 3.8) is 0 Å². The van der Waals surface area contributed by atoms with E-state index in [1.54, 1.807) is 0 Å². The quantitative estimate of drug-likeness (QED) is 0.530. The van der Waals surface area contributed by atoms with Crippen molar-refractivity contribution in [2.24, 2.45) is 0 Å². The van der Waals surface area contributed by atoms with Crippen LogP contribution >= 0.6 is 0 Å². The second-order valence-electron chi connectivity index (χ2n) is 2.09. The zero-order chi connectivity index (χ0) is 6.10. The lowest BCUT2D eigenvalue weighted by molar-refractivity contribution is 0.492. The van der Waals surface area contributed by atoms with Crippen molar-refractivity contribution in [2.45, 2.75) is 13.1 Å². The Bertz CT molecular complexity index is 183. The fourth-order valence-electron chi connectivity index (χ4n) is 1.00. The van der Waals surface area contributed by atoms with Crippen LogP contribution in [-0.2, 0) is 13.1 Å². The highest BCUT2D eigenvalue weighted by Gasteiger charge is 2.05. The van der Waals surface area contributed by atoms with E-state index in [2.05, 4.69) is 17.0 Å². The van der Waals surface area contributed by atoms with E-state index >= 15 is 0 Å².